The molecule has 4 nitrogen and oxygen atoms in total. The zero-order chi connectivity index (χ0) is 14.5. The zero-order valence-corrected chi connectivity index (χ0v) is 12.2. The van der Waals surface area contributed by atoms with Crippen molar-refractivity contribution >= 4 is 5.91 Å². The SMILES string of the molecule is COCc1cccc(CNC(=O)[C@H](N)C(C)(C)C)c1. The topological polar surface area (TPSA) is 64.3 Å². The first kappa shape index (κ1) is 15.7. The molecule has 0 saturated heterocycles. The molecular formula is C15H24N2O2. The van der Waals surface area contributed by atoms with Crippen LogP contribution >= 0.6 is 0 Å². The molecule has 3 N–H and O–H groups in total. The highest BCUT2D eigenvalue weighted by Crippen LogP contribution is 2.17. The Balaban J connectivity index is 2.57. The van der Waals surface area contributed by atoms with Crippen LogP contribution in [0.3, 0.4) is 0 Å². The molecule has 0 aliphatic carbocycles. The monoisotopic (exact) mass is 264 g/mol. The van der Waals surface area contributed by atoms with Crippen LogP contribution in [0.4, 0.5) is 0 Å². The van der Waals surface area contributed by atoms with Crippen LogP contribution in [0.5, 0.6) is 0 Å². The van der Waals surface area contributed by atoms with E-state index in [1.807, 2.05) is 45.0 Å². The van der Waals surface area contributed by atoms with Crippen LogP contribution in [0.25, 0.3) is 0 Å². The summed E-state index contributed by atoms with van der Waals surface area (Å²) in [5.41, 5.74) is 7.81. The fourth-order valence-corrected chi connectivity index (χ4v) is 1.69. The lowest BCUT2D eigenvalue weighted by Gasteiger charge is -2.25. The van der Waals surface area contributed by atoms with Crippen LogP contribution in [0.1, 0.15) is 31.9 Å². The lowest BCUT2D eigenvalue weighted by Crippen LogP contribution is -2.48. The van der Waals surface area contributed by atoms with Crippen molar-refractivity contribution in [1.82, 2.24) is 5.32 Å². The van der Waals surface area contributed by atoms with Crippen LogP contribution in [-0.4, -0.2) is 19.1 Å². The molecule has 0 unspecified atom stereocenters. The predicted molar refractivity (Wildman–Crippen MR) is 76.4 cm³/mol. The van der Waals surface area contributed by atoms with Crippen molar-refractivity contribution in [2.45, 2.75) is 40.0 Å². The van der Waals surface area contributed by atoms with Crippen LogP contribution < -0.4 is 11.1 Å². The molecule has 0 radical (unpaired) electrons. The molecule has 1 rings (SSSR count). The van der Waals surface area contributed by atoms with Gasteiger partial charge in [0, 0.05) is 13.7 Å². The van der Waals surface area contributed by atoms with Gasteiger partial charge in [0.05, 0.1) is 12.6 Å². The molecule has 19 heavy (non-hydrogen) atoms. The summed E-state index contributed by atoms with van der Waals surface area (Å²) < 4.78 is 5.08. The second-order valence-corrected chi connectivity index (χ2v) is 5.81. The van der Waals surface area contributed by atoms with Gasteiger partial charge in [-0.15, -0.1) is 0 Å². The van der Waals surface area contributed by atoms with Gasteiger partial charge in [0.2, 0.25) is 5.91 Å². The van der Waals surface area contributed by atoms with E-state index in [-0.39, 0.29) is 11.3 Å². The number of nitrogens with two attached hydrogens (primary N) is 1. The summed E-state index contributed by atoms with van der Waals surface area (Å²) in [5, 5.41) is 2.87. The number of hydrogen-bond donors (Lipinski definition) is 2. The van der Waals surface area contributed by atoms with E-state index in [0.29, 0.717) is 13.2 Å². The Kier molecular flexibility index (Phi) is 5.51. The van der Waals surface area contributed by atoms with E-state index in [4.69, 9.17) is 10.5 Å². The van der Waals surface area contributed by atoms with Crippen molar-refractivity contribution in [3.8, 4) is 0 Å². The maximum Gasteiger partial charge on any atom is 0.237 e. The van der Waals surface area contributed by atoms with E-state index >= 15 is 0 Å². The molecule has 0 aromatic heterocycles. The van der Waals surface area contributed by atoms with Crippen molar-refractivity contribution in [3.63, 3.8) is 0 Å². The molecule has 1 amide bonds. The minimum atomic E-state index is -0.505. The largest absolute Gasteiger partial charge is 0.380 e. The summed E-state index contributed by atoms with van der Waals surface area (Å²) in [6.07, 6.45) is 0. The fraction of sp³-hybridized carbons (Fsp3) is 0.533. The number of amides is 1. The van der Waals surface area contributed by atoms with E-state index in [1.54, 1.807) is 7.11 Å². The second-order valence-electron chi connectivity index (χ2n) is 5.81. The van der Waals surface area contributed by atoms with E-state index < -0.39 is 6.04 Å². The highest BCUT2D eigenvalue weighted by Gasteiger charge is 2.26. The molecular weight excluding hydrogens is 240 g/mol. The summed E-state index contributed by atoms with van der Waals surface area (Å²) in [5.74, 6) is -0.121. The van der Waals surface area contributed by atoms with Gasteiger partial charge in [0.25, 0.3) is 0 Å². The average molecular weight is 264 g/mol. The van der Waals surface area contributed by atoms with Gasteiger partial charge in [0.15, 0.2) is 0 Å². The number of nitrogens with one attached hydrogen (secondary N) is 1. The van der Waals surface area contributed by atoms with Crippen molar-refractivity contribution in [1.29, 1.82) is 0 Å². The Bertz CT molecular complexity index is 424. The lowest BCUT2D eigenvalue weighted by molar-refractivity contribution is -0.124. The molecule has 1 aromatic carbocycles. The second kappa shape index (κ2) is 6.68. The molecule has 1 atom stereocenters. The highest BCUT2D eigenvalue weighted by molar-refractivity contribution is 5.82. The van der Waals surface area contributed by atoms with Crippen molar-refractivity contribution in [2.24, 2.45) is 11.1 Å². The first-order valence-electron chi connectivity index (χ1n) is 6.44. The van der Waals surface area contributed by atoms with E-state index in [1.165, 1.54) is 0 Å². The maximum atomic E-state index is 11.9. The number of carbonyl (C=O) groups excluding carboxylic acids is 1. The quantitative estimate of drug-likeness (QED) is 0.852. The Morgan fingerprint density at radius 3 is 2.58 bits per heavy atom. The van der Waals surface area contributed by atoms with Gasteiger partial charge in [0.1, 0.15) is 0 Å². The zero-order valence-electron chi connectivity index (χ0n) is 12.2. The molecule has 106 valence electrons. The molecule has 0 heterocycles. The number of ether oxygens (including phenoxy) is 1. The number of carbonyl (C=O) groups is 1. The molecule has 0 spiro atoms. The normalized spacial score (nSPS) is 13.1. The predicted octanol–water partition coefficient (Wildman–Crippen LogP) is 1.82. The number of methoxy groups -OCH3 is 1. The van der Waals surface area contributed by atoms with Crippen molar-refractivity contribution < 1.29 is 9.53 Å². The van der Waals surface area contributed by atoms with Crippen molar-refractivity contribution in [2.75, 3.05) is 7.11 Å². The van der Waals surface area contributed by atoms with Crippen molar-refractivity contribution in [3.05, 3.63) is 35.4 Å². The van der Waals surface area contributed by atoms with Gasteiger partial charge in [-0.05, 0) is 16.5 Å². The van der Waals surface area contributed by atoms with Gasteiger partial charge >= 0.3 is 0 Å². The minimum Gasteiger partial charge on any atom is -0.380 e. The lowest BCUT2D eigenvalue weighted by atomic mass is 9.87. The highest BCUT2D eigenvalue weighted by atomic mass is 16.5. The Morgan fingerprint density at radius 2 is 2.00 bits per heavy atom. The third-order valence-electron chi connectivity index (χ3n) is 2.98. The number of rotatable bonds is 5. The summed E-state index contributed by atoms with van der Waals surface area (Å²) in [6, 6.07) is 7.44. The summed E-state index contributed by atoms with van der Waals surface area (Å²) in [7, 11) is 1.66. The van der Waals surface area contributed by atoms with E-state index in [9.17, 15) is 4.79 Å². The van der Waals surface area contributed by atoms with Gasteiger partial charge in [-0.25, -0.2) is 0 Å². The average Bonchev–Trinajstić information content (AvgIpc) is 2.35. The fourth-order valence-electron chi connectivity index (χ4n) is 1.69. The smallest absolute Gasteiger partial charge is 0.237 e. The molecule has 0 bridgehead atoms. The Morgan fingerprint density at radius 1 is 1.37 bits per heavy atom. The first-order chi connectivity index (χ1) is 8.84. The molecule has 0 aliphatic rings. The maximum absolute atomic E-state index is 11.9. The molecule has 0 saturated carbocycles. The Hall–Kier alpha value is -1.39. The Labute approximate surface area is 115 Å². The third kappa shape index (κ3) is 5.01. The molecule has 0 fully saturated rings. The molecule has 1 aromatic rings. The van der Waals surface area contributed by atoms with E-state index in [2.05, 4.69) is 5.32 Å². The number of benzene rings is 1. The molecule has 0 aliphatic heterocycles. The summed E-state index contributed by atoms with van der Waals surface area (Å²) >= 11 is 0. The van der Waals surface area contributed by atoms with Crippen LogP contribution in [0.15, 0.2) is 24.3 Å². The number of hydrogen-bond acceptors (Lipinski definition) is 3. The van der Waals surface area contributed by atoms with Crippen LogP contribution in [-0.2, 0) is 22.7 Å². The first-order valence-corrected chi connectivity index (χ1v) is 6.44. The summed E-state index contributed by atoms with van der Waals surface area (Å²) in [6.45, 7) is 6.92. The minimum absolute atomic E-state index is 0.121. The van der Waals surface area contributed by atoms with Gasteiger partial charge in [-0.1, -0.05) is 45.0 Å². The van der Waals surface area contributed by atoms with Crippen LogP contribution in [0, 0.1) is 5.41 Å². The summed E-state index contributed by atoms with van der Waals surface area (Å²) in [4.78, 5) is 11.9. The van der Waals surface area contributed by atoms with E-state index in [0.717, 1.165) is 11.1 Å². The van der Waals surface area contributed by atoms with Gasteiger partial charge in [-0.3, -0.25) is 4.79 Å². The standard InChI is InChI=1S/C15H24N2O2/c1-15(2,3)13(16)14(18)17-9-11-6-5-7-12(8-11)10-19-4/h5-8,13H,9-10,16H2,1-4H3,(H,17,18)/t13-/m0/s1. The van der Waals surface area contributed by atoms with Crippen LogP contribution in [0.2, 0.25) is 0 Å². The third-order valence-corrected chi connectivity index (χ3v) is 2.98. The van der Waals surface area contributed by atoms with Gasteiger partial charge < -0.3 is 15.8 Å². The van der Waals surface area contributed by atoms with Gasteiger partial charge in [-0.2, -0.15) is 0 Å². The molecule has 4 heteroatoms.